The third-order valence-corrected chi connectivity index (χ3v) is 7.69. The van der Waals surface area contributed by atoms with E-state index in [1.165, 1.54) is 0 Å². The Morgan fingerprint density at radius 2 is 1.44 bits per heavy atom. The Balaban J connectivity index is 1.55. The smallest absolute Gasteiger partial charge is 0.345 e. The van der Waals surface area contributed by atoms with Gasteiger partial charge in [-0.1, -0.05) is 76.7 Å². The monoisotopic (exact) mass is 714 g/mol. The van der Waals surface area contributed by atoms with Gasteiger partial charge in [0.1, 0.15) is 0 Å². The van der Waals surface area contributed by atoms with E-state index in [4.69, 9.17) is 9.72 Å². The highest BCUT2D eigenvalue weighted by atomic mass is 79.9. The van der Waals surface area contributed by atoms with E-state index in [0.29, 0.717) is 38.0 Å². The topological polar surface area (TPSA) is 94.9 Å². The maximum atomic E-state index is 12.9. The number of hydrogen-bond donors (Lipinski definition) is 0. The average molecular weight is 718 g/mol. The van der Waals surface area contributed by atoms with Gasteiger partial charge in [0, 0.05) is 27.2 Å². The Morgan fingerprint density at radius 1 is 0.853 bits per heavy atom. The van der Waals surface area contributed by atoms with Crippen LogP contribution in [0.15, 0.2) is 24.3 Å². The standard InChI is InChI=1S/C23H18Br4N4O3/c1-11-13(3-5-15-21(11)31-20(10-27)19(9-26)29-15)23(33)34-22(32)12-2-4-14-16(6-12)30-18(8-25)17(7-24)28-14/h2-6,11,13H,7-10H2,1H3. The number of hydrogen-bond acceptors (Lipinski definition) is 7. The molecule has 0 spiro atoms. The zero-order valence-electron chi connectivity index (χ0n) is 17.9. The van der Waals surface area contributed by atoms with Crippen molar-refractivity contribution in [2.45, 2.75) is 34.2 Å². The molecule has 0 fully saturated rings. The molecule has 0 saturated carbocycles. The summed E-state index contributed by atoms with van der Waals surface area (Å²) in [6.45, 7) is 1.88. The second-order valence-corrected chi connectivity index (χ2v) is 9.87. The fraction of sp³-hybridized carbons (Fsp3) is 0.304. The molecule has 2 heterocycles. The van der Waals surface area contributed by atoms with Gasteiger partial charge in [-0.05, 0) is 24.3 Å². The van der Waals surface area contributed by atoms with Crippen LogP contribution in [0.3, 0.4) is 0 Å². The van der Waals surface area contributed by atoms with Crippen molar-refractivity contribution in [1.29, 1.82) is 0 Å². The predicted octanol–water partition coefficient (Wildman–Crippen LogP) is 6.13. The number of aromatic nitrogens is 4. The van der Waals surface area contributed by atoms with Gasteiger partial charge in [-0.2, -0.15) is 0 Å². The zero-order chi connectivity index (χ0) is 24.4. The Labute approximate surface area is 229 Å². The second-order valence-electron chi connectivity index (χ2n) is 7.62. The molecule has 0 saturated heterocycles. The minimum absolute atomic E-state index is 0.235. The molecule has 34 heavy (non-hydrogen) atoms. The molecule has 0 bridgehead atoms. The summed E-state index contributed by atoms with van der Waals surface area (Å²) in [6.07, 6.45) is 3.48. The number of esters is 2. The van der Waals surface area contributed by atoms with Crippen molar-refractivity contribution in [2.75, 3.05) is 0 Å². The number of carbonyl (C=O) groups excluding carboxylic acids is 2. The van der Waals surface area contributed by atoms with Crippen molar-refractivity contribution in [3.63, 3.8) is 0 Å². The molecule has 11 heteroatoms. The van der Waals surface area contributed by atoms with Crippen LogP contribution in [0.2, 0.25) is 0 Å². The molecular formula is C23H18Br4N4O3. The van der Waals surface area contributed by atoms with Crippen LogP contribution < -0.4 is 0 Å². The summed E-state index contributed by atoms with van der Waals surface area (Å²) in [7, 11) is 0. The first-order valence-electron chi connectivity index (χ1n) is 10.3. The summed E-state index contributed by atoms with van der Waals surface area (Å²) in [4.78, 5) is 44.2. The fourth-order valence-electron chi connectivity index (χ4n) is 3.71. The fourth-order valence-corrected chi connectivity index (χ4v) is 5.50. The van der Waals surface area contributed by atoms with Gasteiger partial charge in [0.05, 0.1) is 56.7 Å². The summed E-state index contributed by atoms with van der Waals surface area (Å²) >= 11 is 13.7. The molecule has 0 amide bonds. The van der Waals surface area contributed by atoms with E-state index in [1.54, 1.807) is 30.4 Å². The summed E-state index contributed by atoms with van der Waals surface area (Å²) in [5.74, 6) is -2.30. The third kappa shape index (κ3) is 5.03. The van der Waals surface area contributed by atoms with E-state index >= 15 is 0 Å². The number of carbonyl (C=O) groups is 2. The first-order chi connectivity index (χ1) is 16.4. The highest BCUT2D eigenvalue weighted by Gasteiger charge is 2.33. The van der Waals surface area contributed by atoms with Gasteiger partial charge in [0.15, 0.2) is 0 Å². The van der Waals surface area contributed by atoms with Gasteiger partial charge in [0.25, 0.3) is 0 Å². The largest absolute Gasteiger partial charge is 0.389 e. The number of benzene rings is 1. The van der Waals surface area contributed by atoms with Crippen LogP contribution in [-0.2, 0) is 30.9 Å². The minimum Gasteiger partial charge on any atom is -0.389 e. The SMILES string of the molecule is CC1c2nc(CBr)c(CBr)nc2C=CC1C(=O)OC(=O)c1ccc2nc(CBr)c(CBr)nc2c1. The number of halogens is 4. The van der Waals surface area contributed by atoms with Crippen molar-refractivity contribution >= 4 is 92.8 Å². The van der Waals surface area contributed by atoms with Gasteiger partial charge in [-0.25, -0.2) is 19.7 Å². The zero-order valence-corrected chi connectivity index (χ0v) is 24.2. The lowest BCUT2D eigenvalue weighted by atomic mass is 9.85. The highest BCUT2D eigenvalue weighted by Crippen LogP contribution is 2.34. The van der Waals surface area contributed by atoms with E-state index in [2.05, 4.69) is 78.7 Å². The Morgan fingerprint density at radius 3 is 2.09 bits per heavy atom. The van der Waals surface area contributed by atoms with Crippen molar-refractivity contribution < 1.29 is 14.3 Å². The maximum Gasteiger partial charge on any atom is 0.345 e. The third-order valence-electron chi connectivity index (χ3n) is 5.56. The van der Waals surface area contributed by atoms with Gasteiger partial charge < -0.3 is 4.74 Å². The number of rotatable bonds is 6. The Kier molecular flexibility index (Phi) is 8.27. The number of fused-ring (bicyclic) bond motifs is 2. The predicted molar refractivity (Wildman–Crippen MR) is 143 cm³/mol. The van der Waals surface area contributed by atoms with E-state index in [1.807, 2.05) is 6.92 Å². The number of ether oxygens (including phenoxy) is 1. The molecule has 1 aromatic carbocycles. The van der Waals surface area contributed by atoms with Crippen LogP contribution in [0.1, 0.15) is 57.4 Å². The molecule has 3 aromatic rings. The number of alkyl halides is 4. The first kappa shape index (κ1) is 25.5. The second kappa shape index (κ2) is 11.0. The quantitative estimate of drug-likeness (QED) is 0.172. The molecule has 7 nitrogen and oxygen atoms in total. The van der Waals surface area contributed by atoms with Gasteiger partial charge in [0.2, 0.25) is 0 Å². The van der Waals surface area contributed by atoms with Crippen LogP contribution in [0.25, 0.3) is 17.1 Å². The maximum absolute atomic E-state index is 12.9. The molecule has 0 radical (unpaired) electrons. The summed E-state index contributed by atoms with van der Waals surface area (Å²) in [6, 6.07) is 4.88. The van der Waals surface area contributed by atoms with E-state index < -0.39 is 17.9 Å². The molecular weight excluding hydrogens is 700 g/mol. The molecule has 0 aliphatic heterocycles. The Bertz CT molecular complexity index is 1320. The molecule has 2 atom stereocenters. The van der Waals surface area contributed by atoms with E-state index in [0.717, 1.165) is 28.5 Å². The minimum atomic E-state index is -0.730. The lowest BCUT2D eigenvalue weighted by Crippen LogP contribution is -2.27. The van der Waals surface area contributed by atoms with Gasteiger partial charge in [-0.3, -0.25) is 9.78 Å². The summed E-state index contributed by atoms with van der Waals surface area (Å²) < 4.78 is 5.25. The van der Waals surface area contributed by atoms with Crippen molar-refractivity contribution in [3.05, 3.63) is 64.0 Å². The van der Waals surface area contributed by atoms with Crippen LogP contribution in [-0.4, -0.2) is 31.9 Å². The molecule has 2 unspecified atom stereocenters. The molecule has 2 aromatic heterocycles. The lowest BCUT2D eigenvalue weighted by molar-refractivity contribution is -0.141. The lowest BCUT2D eigenvalue weighted by Gasteiger charge is -2.24. The number of nitrogens with zero attached hydrogens (tertiary/aromatic N) is 4. The van der Waals surface area contributed by atoms with Crippen LogP contribution >= 0.6 is 63.7 Å². The summed E-state index contributed by atoms with van der Waals surface area (Å²) in [5.41, 5.74) is 6.13. The van der Waals surface area contributed by atoms with Crippen molar-refractivity contribution in [3.8, 4) is 0 Å². The Hall–Kier alpha value is -1.56. The average Bonchev–Trinajstić information content (AvgIpc) is 2.86. The first-order valence-corrected chi connectivity index (χ1v) is 14.8. The van der Waals surface area contributed by atoms with Gasteiger partial charge >= 0.3 is 11.9 Å². The summed E-state index contributed by atoms with van der Waals surface area (Å²) in [5, 5.41) is 2.25. The normalized spacial score (nSPS) is 17.0. The highest BCUT2D eigenvalue weighted by molar-refractivity contribution is 9.09. The van der Waals surface area contributed by atoms with E-state index in [9.17, 15) is 9.59 Å². The molecule has 1 aliphatic rings. The van der Waals surface area contributed by atoms with Crippen molar-refractivity contribution in [2.24, 2.45) is 5.92 Å². The van der Waals surface area contributed by atoms with Gasteiger partial charge in [-0.15, -0.1) is 0 Å². The molecule has 0 N–H and O–H groups in total. The van der Waals surface area contributed by atoms with E-state index in [-0.39, 0.29) is 11.5 Å². The van der Waals surface area contributed by atoms with Crippen LogP contribution in [0, 0.1) is 5.92 Å². The molecule has 4 rings (SSSR count). The molecule has 176 valence electrons. The molecule has 1 aliphatic carbocycles. The van der Waals surface area contributed by atoms with Crippen LogP contribution in [0.4, 0.5) is 0 Å². The van der Waals surface area contributed by atoms with Crippen LogP contribution in [0.5, 0.6) is 0 Å². The van der Waals surface area contributed by atoms with Crippen molar-refractivity contribution in [1.82, 2.24) is 19.9 Å².